The second-order valence-corrected chi connectivity index (χ2v) is 6.23. The number of likely N-dealkylation sites (tertiary alicyclic amines) is 1. The second-order valence-electron chi connectivity index (χ2n) is 6.23. The number of nitrogens with zero attached hydrogens (tertiary/aromatic N) is 3. The van der Waals surface area contributed by atoms with Gasteiger partial charge in [-0.15, -0.1) is 0 Å². The molecule has 7 heteroatoms. The summed E-state index contributed by atoms with van der Waals surface area (Å²) in [5.74, 6) is 1.11. The molecule has 3 rings (SSSR count). The zero-order valence-corrected chi connectivity index (χ0v) is 14.8. The van der Waals surface area contributed by atoms with E-state index in [1.54, 1.807) is 43.3 Å². The van der Waals surface area contributed by atoms with Gasteiger partial charge in [-0.1, -0.05) is 17.3 Å². The number of amides is 1. The topological polar surface area (TPSA) is 85.5 Å². The Hall–Kier alpha value is -2.96. The summed E-state index contributed by atoms with van der Waals surface area (Å²) < 4.78 is 9.89. The number of carbonyl (C=O) groups is 2. The summed E-state index contributed by atoms with van der Waals surface area (Å²) >= 11 is 0. The number of piperidine rings is 1. The van der Waals surface area contributed by atoms with E-state index in [-0.39, 0.29) is 17.8 Å². The van der Waals surface area contributed by atoms with E-state index >= 15 is 0 Å². The normalized spacial score (nSPS) is 15.4. The third kappa shape index (κ3) is 4.17. The molecule has 2 aromatic rings. The molecule has 0 unspecified atom stereocenters. The van der Waals surface area contributed by atoms with Gasteiger partial charge in [-0.3, -0.25) is 4.79 Å². The fourth-order valence-electron chi connectivity index (χ4n) is 2.95. The van der Waals surface area contributed by atoms with E-state index in [1.807, 2.05) is 4.90 Å². The van der Waals surface area contributed by atoms with Gasteiger partial charge in [-0.2, -0.15) is 4.98 Å². The minimum atomic E-state index is -0.379. The molecule has 2 heterocycles. The van der Waals surface area contributed by atoms with Crippen molar-refractivity contribution < 1.29 is 18.8 Å². The Morgan fingerprint density at radius 3 is 2.50 bits per heavy atom. The molecule has 1 amide bonds. The number of hydrogen-bond donors (Lipinski definition) is 0. The van der Waals surface area contributed by atoms with Crippen molar-refractivity contribution in [3.05, 3.63) is 53.2 Å². The van der Waals surface area contributed by atoms with E-state index in [4.69, 9.17) is 4.52 Å². The van der Waals surface area contributed by atoms with Gasteiger partial charge < -0.3 is 14.2 Å². The number of esters is 1. The van der Waals surface area contributed by atoms with Gasteiger partial charge in [0.05, 0.1) is 12.7 Å². The number of aromatic nitrogens is 2. The highest BCUT2D eigenvalue weighted by atomic mass is 16.5. The number of carbonyl (C=O) groups excluding carboxylic acids is 2. The lowest BCUT2D eigenvalue weighted by Gasteiger charge is -2.29. The summed E-state index contributed by atoms with van der Waals surface area (Å²) in [6.07, 6.45) is 4.94. The maximum atomic E-state index is 12.4. The predicted octanol–water partition coefficient (Wildman–Crippen LogP) is 2.58. The third-order valence-corrected chi connectivity index (χ3v) is 4.45. The summed E-state index contributed by atoms with van der Waals surface area (Å²) in [6, 6.07) is 6.90. The van der Waals surface area contributed by atoms with Gasteiger partial charge in [0, 0.05) is 25.1 Å². The lowest BCUT2D eigenvalue weighted by molar-refractivity contribution is -0.127. The number of ether oxygens (including phenoxy) is 1. The van der Waals surface area contributed by atoms with Gasteiger partial charge in [0.2, 0.25) is 11.8 Å². The second kappa shape index (κ2) is 7.95. The molecule has 1 saturated heterocycles. The van der Waals surface area contributed by atoms with Gasteiger partial charge in [0.15, 0.2) is 5.82 Å². The van der Waals surface area contributed by atoms with Crippen LogP contribution in [-0.4, -0.2) is 47.1 Å². The van der Waals surface area contributed by atoms with E-state index in [9.17, 15) is 9.59 Å². The van der Waals surface area contributed by atoms with Crippen molar-refractivity contribution in [1.82, 2.24) is 15.0 Å². The van der Waals surface area contributed by atoms with Gasteiger partial charge in [0.1, 0.15) is 0 Å². The van der Waals surface area contributed by atoms with E-state index in [0.717, 1.165) is 18.4 Å². The highest BCUT2D eigenvalue weighted by Crippen LogP contribution is 2.26. The van der Waals surface area contributed by atoms with Gasteiger partial charge >= 0.3 is 5.97 Å². The Morgan fingerprint density at radius 2 is 1.92 bits per heavy atom. The molecule has 0 spiro atoms. The van der Waals surface area contributed by atoms with Crippen molar-refractivity contribution >= 4 is 18.0 Å². The highest BCUT2D eigenvalue weighted by molar-refractivity contribution is 5.92. The number of benzene rings is 1. The highest BCUT2D eigenvalue weighted by Gasteiger charge is 2.26. The van der Waals surface area contributed by atoms with Crippen LogP contribution in [0.1, 0.15) is 46.4 Å². The standard InChI is InChI=1S/C19H21N3O4/c1-13-20-18(26-21-13)15-9-11-22(12-10-15)17(23)8-5-14-3-6-16(7-4-14)19(24)25-2/h3-8,15H,9-12H2,1-2H3/b8-5+. The molecule has 0 N–H and O–H groups in total. The number of hydrogen-bond acceptors (Lipinski definition) is 6. The van der Waals surface area contributed by atoms with Crippen LogP contribution in [0.2, 0.25) is 0 Å². The maximum absolute atomic E-state index is 12.4. The van der Waals surface area contributed by atoms with Crippen molar-refractivity contribution in [2.45, 2.75) is 25.7 Å². The Morgan fingerprint density at radius 1 is 1.23 bits per heavy atom. The molecule has 7 nitrogen and oxygen atoms in total. The fraction of sp³-hybridized carbons (Fsp3) is 0.368. The number of rotatable bonds is 4. The van der Waals surface area contributed by atoms with Gasteiger partial charge in [-0.25, -0.2) is 4.79 Å². The number of aryl methyl sites for hydroxylation is 1. The maximum Gasteiger partial charge on any atom is 0.337 e. The Bertz CT molecular complexity index is 802. The monoisotopic (exact) mass is 355 g/mol. The molecule has 0 radical (unpaired) electrons. The summed E-state index contributed by atoms with van der Waals surface area (Å²) in [4.78, 5) is 29.9. The number of methoxy groups -OCH3 is 1. The van der Waals surface area contributed by atoms with E-state index in [2.05, 4.69) is 14.9 Å². The van der Waals surface area contributed by atoms with Crippen molar-refractivity contribution in [3.63, 3.8) is 0 Å². The first-order valence-corrected chi connectivity index (χ1v) is 8.52. The molecule has 1 aromatic heterocycles. The lowest BCUT2D eigenvalue weighted by Crippen LogP contribution is -2.36. The van der Waals surface area contributed by atoms with Crippen LogP contribution in [0, 0.1) is 6.92 Å². The largest absolute Gasteiger partial charge is 0.465 e. The van der Waals surface area contributed by atoms with Crippen molar-refractivity contribution in [2.75, 3.05) is 20.2 Å². The van der Waals surface area contributed by atoms with Crippen LogP contribution in [0.5, 0.6) is 0 Å². The SMILES string of the molecule is COC(=O)c1ccc(/C=C/C(=O)N2CCC(c3nc(C)no3)CC2)cc1. The van der Waals surface area contributed by atoms with E-state index in [1.165, 1.54) is 7.11 Å². The van der Waals surface area contributed by atoms with Crippen molar-refractivity contribution in [1.29, 1.82) is 0 Å². The van der Waals surface area contributed by atoms with Crippen LogP contribution in [0.4, 0.5) is 0 Å². The first-order chi connectivity index (χ1) is 12.6. The molecular formula is C19H21N3O4. The minimum Gasteiger partial charge on any atom is -0.465 e. The van der Waals surface area contributed by atoms with Gasteiger partial charge in [-0.05, 0) is 43.5 Å². The summed E-state index contributed by atoms with van der Waals surface area (Å²) in [7, 11) is 1.34. The molecule has 136 valence electrons. The fourth-order valence-corrected chi connectivity index (χ4v) is 2.95. The molecule has 26 heavy (non-hydrogen) atoms. The average molecular weight is 355 g/mol. The van der Waals surface area contributed by atoms with Crippen molar-refractivity contribution in [3.8, 4) is 0 Å². The van der Waals surface area contributed by atoms with Crippen LogP contribution < -0.4 is 0 Å². The summed E-state index contributed by atoms with van der Waals surface area (Å²) in [5.41, 5.74) is 1.33. The Balaban J connectivity index is 1.54. The molecule has 1 aliphatic heterocycles. The third-order valence-electron chi connectivity index (χ3n) is 4.45. The molecule has 0 atom stereocenters. The molecule has 1 aliphatic rings. The first-order valence-electron chi connectivity index (χ1n) is 8.52. The molecule has 0 saturated carbocycles. The van der Waals surface area contributed by atoms with Crippen molar-refractivity contribution in [2.24, 2.45) is 0 Å². The Labute approximate surface area is 151 Å². The minimum absolute atomic E-state index is 0.0257. The summed E-state index contributed by atoms with van der Waals surface area (Å²) in [5, 5.41) is 3.82. The lowest BCUT2D eigenvalue weighted by atomic mass is 9.96. The summed E-state index contributed by atoms with van der Waals surface area (Å²) in [6.45, 7) is 3.13. The molecule has 1 fully saturated rings. The van der Waals surface area contributed by atoms with E-state index in [0.29, 0.717) is 30.4 Å². The van der Waals surface area contributed by atoms with E-state index < -0.39 is 0 Å². The predicted molar refractivity (Wildman–Crippen MR) is 94.4 cm³/mol. The average Bonchev–Trinajstić information content (AvgIpc) is 3.12. The van der Waals surface area contributed by atoms with Crippen LogP contribution >= 0.6 is 0 Å². The smallest absolute Gasteiger partial charge is 0.337 e. The zero-order chi connectivity index (χ0) is 18.5. The first kappa shape index (κ1) is 17.8. The van der Waals surface area contributed by atoms with Crippen LogP contribution in [0.3, 0.4) is 0 Å². The van der Waals surface area contributed by atoms with Crippen LogP contribution in [0.25, 0.3) is 6.08 Å². The zero-order valence-electron chi connectivity index (χ0n) is 14.8. The molecule has 1 aromatic carbocycles. The van der Waals surface area contributed by atoms with Crippen LogP contribution in [0.15, 0.2) is 34.9 Å². The van der Waals surface area contributed by atoms with Crippen LogP contribution in [-0.2, 0) is 9.53 Å². The Kier molecular flexibility index (Phi) is 5.46. The molecular weight excluding hydrogens is 334 g/mol. The molecule has 0 bridgehead atoms. The molecule has 0 aliphatic carbocycles. The quantitative estimate of drug-likeness (QED) is 0.619. The van der Waals surface area contributed by atoms with Gasteiger partial charge in [0.25, 0.3) is 0 Å².